The summed E-state index contributed by atoms with van der Waals surface area (Å²) in [6.45, 7) is 1.90. The zero-order chi connectivity index (χ0) is 12.5. The second-order valence-corrected chi connectivity index (χ2v) is 4.98. The number of nitrogens with one attached hydrogen (secondary N) is 1. The molecule has 1 aliphatic heterocycles. The molecule has 2 heterocycles. The van der Waals surface area contributed by atoms with Gasteiger partial charge in [0.2, 0.25) is 0 Å². The first-order chi connectivity index (χ1) is 8.75. The Bertz CT molecular complexity index is 669. The Labute approximate surface area is 107 Å². The van der Waals surface area contributed by atoms with Crippen molar-refractivity contribution in [2.75, 3.05) is 5.32 Å². The van der Waals surface area contributed by atoms with Crippen LogP contribution in [0.3, 0.4) is 0 Å². The molecule has 0 aliphatic carbocycles. The molecule has 0 amide bonds. The highest BCUT2D eigenvalue weighted by Gasteiger charge is 2.15. The molecule has 2 aromatic rings. The molecule has 0 radical (unpaired) electrons. The number of benzene rings is 1. The summed E-state index contributed by atoms with van der Waals surface area (Å²) >= 11 is 0. The molecule has 1 aliphatic rings. The van der Waals surface area contributed by atoms with Crippen molar-refractivity contribution in [3.8, 4) is 11.3 Å². The molecule has 3 rings (SSSR count). The second-order valence-electron chi connectivity index (χ2n) is 3.83. The van der Waals surface area contributed by atoms with Crippen molar-refractivity contribution in [2.24, 2.45) is 4.40 Å². The number of aromatic nitrogens is 2. The Kier molecular flexibility index (Phi) is 2.64. The number of nitrogens with zero attached hydrogens (tertiary/aromatic N) is 3. The largest absolute Gasteiger partial charge is 0.345 e. The summed E-state index contributed by atoms with van der Waals surface area (Å²) < 4.78 is 15.6. The normalized spacial score (nSPS) is 17.1. The summed E-state index contributed by atoms with van der Waals surface area (Å²) in [5.74, 6) is 0. The SMILES string of the molecule is Cc1nccnc1-c1ccc2c(c1)S(=O)N=CN2. The molecule has 18 heavy (non-hydrogen) atoms. The van der Waals surface area contributed by atoms with Gasteiger partial charge >= 0.3 is 0 Å². The van der Waals surface area contributed by atoms with Gasteiger partial charge in [0.05, 0.1) is 22.0 Å². The molecule has 0 fully saturated rings. The standard InChI is InChI=1S/C12H10N4OS/c1-8-12(14-5-4-13-8)9-2-3-10-11(6-9)18(17)16-7-15-10/h2-7H,1H3,(H,15,16). The van der Waals surface area contributed by atoms with Gasteiger partial charge in [-0.05, 0) is 19.1 Å². The maximum absolute atomic E-state index is 11.8. The third kappa shape index (κ3) is 1.80. The minimum Gasteiger partial charge on any atom is -0.345 e. The lowest BCUT2D eigenvalue weighted by molar-refractivity contribution is 0.684. The van der Waals surface area contributed by atoms with Gasteiger partial charge in [-0.2, -0.15) is 4.40 Å². The number of fused-ring (bicyclic) bond motifs is 1. The average molecular weight is 258 g/mol. The molecule has 0 saturated carbocycles. The first-order valence-corrected chi connectivity index (χ1v) is 6.49. The molecule has 1 aromatic carbocycles. The molecule has 1 atom stereocenters. The topological polar surface area (TPSA) is 67.2 Å². The Morgan fingerprint density at radius 1 is 1.22 bits per heavy atom. The van der Waals surface area contributed by atoms with Crippen LogP contribution in [0.5, 0.6) is 0 Å². The van der Waals surface area contributed by atoms with E-state index in [1.807, 2.05) is 25.1 Å². The summed E-state index contributed by atoms with van der Waals surface area (Å²) in [7, 11) is -1.35. The lowest BCUT2D eigenvalue weighted by Gasteiger charge is -2.12. The molecule has 1 N–H and O–H groups in total. The van der Waals surface area contributed by atoms with E-state index in [4.69, 9.17) is 0 Å². The van der Waals surface area contributed by atoms with E-state index in [9.17, 15) is 4.21 Å². The van der Waals surface area contributed by atoms with Crippen LogP contribution in [0.4, 0.5) is 5.69 Å². The summed E-state index contributed by atoms with van der Waals surface area (Å²) in [6, 6.07) is 5.65. The average Bonchev–Trinajstić information content (AvgIpc) is 2.40. The van der Waals surface area contributed by atoms with Crippen molar-refractivity contribution >= 4 is 23.0 Å². The molecule has 6 heteroatoms. The fraction of sp³-hybridized carbons (Fsp3) is 0.0833. The lowest BCUT2D eigenvalue weighted by atomic mass is 10.1. The van der Waals surface area contributed by atoms with E-state index >= 15 is 0 Å². The van der Waals surface area contributed by atoms with Crippen LogP contribution < -0.4 is 5.32 Å². The Morgan fingerprint density at radius 2 is 2.06 bits per heavy atom. The maximum atomic E-state index is 11.8. The second kappa shape index (κ2) is 4.30. The molecule has 90 valence electrons. The zero-order valence-corrected chi connectivity index (χ0v) is 10.4. The monoisotopic (exact) mass is 258 g/mol. The number of rotatable bonds is 1. The zero-order valence-electron chi connectivity index (χ0n) is 9.62. The van der Waals surface area contributed by atoms with Crippen LogP contribution in [0.25, 0.3) is 11.3 Å². The molecule has 0 bridgehead atoms. The Morgan fingerprint density at radius 3 is 2.89 bits per heavy atom. The third-order valence-corrected chi connectivity index (χ3v) is 3.70. The maximum Gasteiger partial charge on any atom is 0.176 e. The molecule has 1 aromatic heterocycles. The minimum atomic E-state index is -1.35. The fourth-order valence-electron chi connectivity index (χ4n) is 1.82. The van der Waals surface area contributed by atoms with Crippen molar-refractivity contribution < 1.29 is 4.21 Å². The van der Waals surface area contributed by atoms with Crippen LogP contribution in [0, 0.1) is 6.92 Å². The number of hydrogen-bond acceptors (Lipinski definition) is 4. The lowest BCUT2D eigenvalue weighted by Crippen LogP contribution is -2.07. The molecule has 5 nitrogen and oxygen atoms in total. The summed E-state index contributed by atoms with van der Waals surface area (Å²) in [5, 5.41) is 2.97. The molecule has 1 unspecified atom stereocenters. The van der Waals surface area contributed by atoms with Crippen LogP contribution in [-0.2, 0) is 11.0 Å². The molecular weight excluding hydrogens is 248 g/mol. The van der Waals surface area contributed by atoms with Crippen LogP contribution in [-0.4, -0.2) is 20.5 Å². The van der Waals surface area contributed by atoms with Crippen molar-refractivity contribution in [3.63, 3.8) is 0 Å². The number of anilines is 1. The van der Waals surface area contributed by atoms with Gasteiger partial charge in [-0.25, -0.2) is 4.21 Å². The first kappa shape index (κ1) is 11.0. The van der Waals surface area contributed by atoms with E-state index in [0.717, 1.165) is 22.6 Å². The van der Waals surface area contributed by atoms with Gasteiger partial charge in [0, 0.05) is 18.0 Å². The van der Waals surface area contributed by atoms with Gasteiger partial charge in [0.25, 0.3) is 0 Å². The van der Waals surface area contributed by atoms with E-state index in [-0.39, 0.29) is 0 Å². The van der Waals surface area contributed by atoms with Gasteiger partial charge in [0.1, 0.15) is 6.34 Å². The molecule has 0 spiro atoms. The predicted octanol–water partition coefficient (Wildman–Crippen LogP) is 1.93. The fourth-order valence-corrected chi connectivity index (χ4v) is 2.63. The summed E-state index contributed by atoms with van der Waals surface area (Å²) in [6.07, 6.45) is 4.75. The van der Waals surface area contributed by atoms with E-state index < -0.39 is 11.0 Å². The van der Waals surface area contributed by atoms with Gasteiger partial charge in [-0.15, -0.1) is 0 Å². The van der Waals surface area contributed by atoms with Gasteiger partial charge in [0.15, 0.2) is 11.0 Å². The summed E-state index contributed by atoms with van der Waals surface area (Å²) in [4.78, 5) is 9.17. The van der Waals surface area contributed by atoms with E-state index in [2.05, 4.69) is 19.7 Å². The first-order valence-electron chi connectivity index (χ1n) is 5.39. The predicted molar refractivity (Wildman–Crippen MR) is 70.7 cm³/mol. The van der Waals surface area contributed by atoms with E-state index in [1.165, 1.54) is 6.34 Å². The molecule has 0 saturated heterocycles. The number of aryl methyl sites for hydroxylation is 1. The highest BCUT2D eigenvalue weighted by atomic mass is 32.2. The van der Waals surface area contributed by atoms with Crippen LogP contribution in [0.2, 0.25) is 0 Å². The van der Waals surface area contributed by atoms with Crippen LogP contribution in [0.1, 0.15) is 5.69 Å². The van der Waals surface area contributed by atoms with Gasteiger partial charge < -0.3 is 5.32 Å². The van der Waals surface area contributed by atoms with Crippen LogP contribution >= 0.6 is 0 Å². The number of hydrogen-bond donors (Lipinski definition) is 1. The summed E-state index contributed by atoms with van der Waals surface area (Å²) in [5.41, 5.74) is 3.35. The third-order valence-electron chi connectivity index (χ3n) is 2.69. The van der Waals surface area contributed by atoms with Crippen molar-refractivity contribution in [3.05, 3.63) is 36.3 Å². The van der Waals surface area contributed by atoms with Gasteiger partial charge in [-0.1, -0.05) is 6.07 Å². The van der Waals surface area contributed by atoms with E-state index in [1.54, 1.807) is 12.4 Å². The minimum absolute atomic E-state index is 0.667. The molecular formula is C12H10N4OS. The highest BCUT2D eigenvalue weighted by molar-refractivity contribution is 7.84. The van der Waals surface area contributed by atoms with Crippen molar-refractivity contribution in [1.29, 1.82) is 0 Å². The Balaban J connectivity index is 2.14. The quantitative estimate of drug-likeness (QED) is 0.848. The smallest absolute Gasteiger partial charge is 0.176 e. The van der Waals surface area contributed by atoms with Crippen LogP contribution in [0.15, 0.2) is 39.9 Å². The highest BCUT2D eigenvalue weighted by Crippen LogP contribution is 2.29. The van der Waals surface area contributed by atoms with Gasteiger partial charge in [-0.3, -0.25) is 9.97 Å². The van der Waals surface area contributed by atoms with Crippen molar-refractivity contribution in [1.82, 2.24) is 9.97 Å². The van der Waals surface area contributed by atoms with E-state index in [0.29, 0.717) is 4.90 Å². The van der Waals surface area contributed by atoms with Crippen molar-refractivity contribution in [2.45, 2.75) is 11.8 Å². The Hall–Kier alpha value is -2.08.